The standard InChI is InChI=1S/C18H27N5O2/c1-25-15-9-14(20-17(19)21-15)22-8-2-6-18(11-22)7-5-16(24)23(12-18)10-13-3-4-13/h9,13H,2-8,10-12H2,1H3,(H2,19,20,21)/t18-/m0/s1. The van der Waals surface area contributed by atoms with E-state index in [1.807, 2.05) is 6.07 Å². The largest absolute Gasteiger partial charge is 0.481 e. The van der Waals surface area contributed by atoms with Gasteiger partial charge in [-0.05, 0) is 38.0 Å². The third-order valence-electron chi connectivity index (χ3n) is 5.82. The maximum absolute atomic E-state index is 12.3. The first-order chi connectivity index (χ1) is 12.1. The smallest absolute Gasteiger partial charge is 0.225 e. The van der Waals surface area contributed by atoms with Crippen LogP contribution in [0.2, 0.25) is 0 Å². The van der Waals surface area contributed by atoms with E-state index in [4.69, 9.17) is 10.5 Å². The normalized spacial score (nSPS) is 27.0. The van der Waals surface area contributed by atoms with Crippen LogP contribution >= 0.6 is 0 Å². The van der Waals surface area contributed by atoms with Gasteiger partial charge in [-0.25, -0.2) is 0 Å². The number of rotatable bonds is 4. The number of piperidine rings is 2. The minimum atomic E-state index is 0.175. The van der Waals surface area contributed by atoms with Crippen LogP contribution in [0.1, 0.15) is 38.5 Å². The zero-order valence-electron chi connectivity index (χ0n) is 14.9. The summed E-state index contributed by atoms with van der Waals surface area (Å²) in [4.78, 5) is 25.2. The maximum atomic E-state index is 12.3. The Morgan fingerprint density at radius 3 is 2.92 bits per heavy atom. The number of carbonyl (C=O) groups is 1. The zero-order valence-corrected chi connectivity index (χ0v) is 14.9. The van der Waals surface area contributed by atoms with Crippen LogP contribution in [0.25, 0.3) is 0 Å². The molecular weight excluding hydrogens is 318 g/mol. The number of likely N-dealkylation sites (tertiary alicyclic amines) is 1. The Bertz CT molecular complexity index is 663. The van der Waals surface area contributed by atoms with Gasteiger partial charge >= 0.3 is 0 Å². The van der Waals surface area contributed by atoms with E-state index in [-0.39, 0.29) is 11.4 Å². The molecule has 0 aromatic carbocycles. The van der Waals surface area contributed by atoms with Crippen LogP contribution in [0.4, 0.5) is 11.8 Å². The molecule has 7 nitrogen and oxygen atoms in total. The number of amides is 1. The average Bonchev–Trinajstić information content (AvgIpc) is 3.42. The molecule has 1 atom stereocenters. The molecule has 1 aromatic heterocycles. The molecule has 3 heterocycles. The van der Waals surface area contributed by atoms with Crippen molar-refractivity contribution >= 4 is 17.7 Å². The van der Waals surface area contributed by atoms with Crippen LogP contribution in [-0.4, -0.2) is 54.1 Å². The number of methoxy groups -OCH3 is 1. The number of carbonyl (C=O) groups excluding carboxylic acids is 1. The molecule has 1 aromatic rings. The molecule has 1 saturated carbocycles. The molecule has 1 amide bonds. The van der Waals surface area contributed by atoms with Gasteiger partial charge in [0.2, 0.25) is 17.7 Å². The lowest BCUT2D eigenvalue weighted by atomic mass is 9.73. The number of nitrogens with zero attached hydrogens (tertiary/aromatic N) is 4. The van der Waals surface area contributed by atoms with Crippen molar-refractivity contribution in [3.8, 4) is 5.88 Å². The average molecular weight is 345 g/mol. The predicted octanol–water partition coefficient (Wildman–Crippen LogP) is 1.69. The molecule has 0 unspecified atom stereocenters. The number of anilines is 2. The lowest BCUT2D eigenvalue weighted by molar-refractivity contribution is -0.138. The van der Waals surface area contributed by atoms with Crippen LogP contribution in [0.15, 0.2) is 6.07 Å². The van der Waals surface area contributed by atoms with Gasteiger partial charge in [0.05, 0.1) is 7.11 Å². The van der Waals surface area contributed by atoms with Crippen LogP contribution < -0.4 is 15.4 Å². The van der Waals surface area contributed by atoms with E-state index in [9.17, 15) is 4.79 Å². The van der Waals surface area contributed by atoms with E-state index in [1.54, 1.807) is 7.11 Å². The number of ether oxygens (including phenoxy) is 1. The van der Waals surface area contributed by atoms with Crippen LogP contribution in [0, 0.1) is 11.3 Å². The number of nitrogens with two attached hydrogens (primary N) is 1. The van der Waals surface area contributed by atoms with Gasteiger partial charge in [0.1, 0.15) is 5.82 Å². The van der Waals surface area contributed by atoms with Gasteiger partial charge in [-0.3, -0.25) is 4.79 Å². The summed E-state index contributed by atoms with van der Waals surface area (Å²) in [6.45, 7) is 3.71. The van der Waals surface area contributed by atoms with Gasteiger partial charge in [0.15, 0.2) is 0 Å². The minimum absolute atomic E-state index is 0.175. The lowest BCUT2D eigenvalue weighted by Gasteiger charge is -2.48. The molecule has 136 valence electrons. The topological polar surface area (TPSA) is 84.6 Å². The van der Waals surface area contributed by atoms with E-state index in [0.29, 0.717) is 18.2 Å². The summed E-state index contributed by atoms with van der Waals surface area (Å²) in [5.41, 5.74) is 6.01. The quantitative estimate of drug-likeness (QED) is 0.894. The number of hydrogen-bond donors (Lipinski definition) is 1. The SMILES string of the molecule is COc1cc(N2CCC[C@]3(CCC(=O)N(CC4CC4)C3)C2)nc(N)n1. The lowest BCUT2D eigenvalue weighted by Crippen LogP contribution is -2.54. The summed E-state index contributed by atoms with van der Waals surface area (Å²) >= 11 is 0. The van der Waals surface area contributed by atoms with Gasteiger partial charge in [0, 0.05) is 44.1 Å². The summed E-state index contributed by atoms with van der Waals surface area (Å²) in [7, 11) is 1.59. The van der Waals surface area contributed by atoms with Crippen LogP contribution in [0.5, 0.6) is 5.88 Å². The summed E-state index contributed by atoms with van der Waals surface area (Å²) in [6.07, 6.45) is 6.50. The Hall–Kier alpha value is -2.05. The van der Waals surface area contributed by atoms with E-state index in [2.05, 4.69) is 19.8 Å². The summed E-state index contributed by atoms with van der Waals surface area (Å²) in [5.74, 6) is 2.64. The molecule has 4 rings (SSSR count). The Labute approximate surface area is 148 Å². The highest BCUT2D eigenvalue weighted by atomic mass is 16.5. The van der Waals surface area contributed by atoms with Crippen molar-refractivity contribution in [2.75, 3.05) is 43.9 Å². The molecule has 3 fully saturated rings. The van der Waals surface area contributed by atoms with Crippen molar-refractivity contribution in [3.63, 3.8) is 0 Å². The molecular formula is C18H27N5O2. The predicted molar refractivity (Wildman–Crippen MR) is 95.4 cm³/mol. The third kappa shape index (κ3) is 3.50. The molecule has 2 aliphatic heterocycles. The van der Waals surface area contributed by atoms with Crippen molar-refractivity contribution in [2.24, 2.45) is 11.3 Å². The number of hydrogen-bond acceptors (Lipinski definition) is 6. The highest BCUT2D eigenvalue weighted by Crippen LogP contribution is 2.41. The first-order valence-electron chi connectivity index (χ1n) is 9.28. The molecule has 2 saturated heterocycles. The maximum Gasteiger partial charge on any atom is 0.225 e. The molecule has 1 spiro atoms. The van der Waals surface area contributed by atoms with Crippen molar-refractivity contribution in [3.05, 3.63) is 6.07 Å². The highest BCUT2D eigenvalue weighted by molar-refractivity contribution is 5.77. The van der Waals surface area contributed by atoms with E-state index in [0.717, 1.165) is 50.8 Å². The Morgan fingerprint density at radius 1 is 1.32 bits per heavy atom. The zero-order chi connectivity index (χ0) is 17.4. The minimum Gasteiger partial charge on any atom is -0.481 e. The molecule has 1 aliphatic carbocycles. The van der Waals surface area contributed by atoms with Crippen molar-refractivity contribution < 1.29 is 9.53 Å². The molecule has 3 aliphatic rings. The first kappa shape index (κ1) is 16.4. The Morgan fingerprint density at radius 2 is 2.16 bits per heavy atom. The molecule has 0 radical (unpaired) electrons. The van der Waals surface area contributed by atoms with Gasteiger partial charge < -0.3 is 20.3 Å². The van der Waals surface area contributed by atoms with Gasteiger partial charge in [-0.15, -0.1) is 0 Å². The molecule has 25 heavy (non-hydrogen) atoms. The summed E-state index contributed by atoms with van der Waals surface area (Å²) < 4.78 is 5.23. The second-order valence-electron chi connectivity index (χ2n) is 7.87. The molecule has 0 bridgehead atoms. The van der Waals surface area contributed by atoms with E-state index >= 15 is 0 Å². The van der Waals surface area contributed by atoms with E-state index in [1.165, 1.54) is 19.3 Å². The fraction of sp³-hybridized carbons (Fsp3) is 0.722. The van der Waals surface area contributed by atoms with Crippen LogP contribution in [-0.2, 0) is 4.79 Å². The van der Waals surface area contributed by atoms with Crippen molar-refractivity contribution in [1.29, 1.82) is 0 Å². The van der Waals surface area contributed by atoms with E-state index < -0.39 is 0 Å². The Balaban J connectivity index is 1.51. The van der Waals surface area contributed by atoms with Gasteiger partial charge in [-0.2, -0.15) is 9.97 Å². The monoisotopic (exact) mass is 345 g/mol. The van der Waals surface area contributed by atoms with Gasteiger partial charge in [0.25, 0.3) is 0 Å². The van der Waals surface area contributed by atoms with Crippen molar-refractivity contribution in [2.45, 2.75) is 38.5 Å². The number of aromatic nitrogens is 2. The number of nitrogen functional groups attached to an aromatic ring is 1. The Kier molecular flexibility index (Phi) is 4.17. The second kappa shape index (κ2) is 6.35. The molecule has 7 heteroatoms. The van der Waals surface area contributed by atoms with Gasteiger partial charge in [-0.1, -0.05) is 0 Å². The summed E-state index contributed by atoms with van der Waals surface area (Å²) in [5, 5.41) is 0. The second-order valence-corrected chi connectivity index (χ2v) is 7.87. The fourth-order valence-electron chi connectivity index (χ4n) is 4.31. The highest BCUT2D eigenvalue weighted by Gasteiger charge is 2.43. The van der Waals surface area contributed by atoms with Crippen LogP contribution in [0.3, 0.4) is 0 Å². The fourth-order valence-corrected chi connectivity index (χ4v) is 4.31. The summed E-state index contributed by atoms with van der Waals surface area (Å²) in [6, 6.07) is 1.85. The third-order valence-corrected chi connectivity index (χ3v) is 5.82. The van der Waals surface area contributed by atoms with Crippen molar-refractivity contribution in [1.82, 2.24) is 14.9 Å². The first-order valence-corrected chi connectivity index (χ1v) is 9.28. The molecule has 2 N–H and O–H groups in total.